The number of carbonyl (C=O) groups excluding carboxylic acids is 1. The summed E-state index contributed by atoms with van der Waals surface area (Å²) in [5, 5.41) is 0. The van der Waals surface area contributed by atoms with E-state index in [9.17, 15) is 22.0 Å². The molecule has 2 aromatic rings. The van der Waals surface area contributed by atoms with Gasteiger partial charge in [0.15, 0.2) is 0 Å². The van der Waals surface area contributed by atoms with Crippen LogP contribution in [-0.2, 0) is 10.0 Å². The van der Waals surface area contributed by atoms with Gasteiger partial charge in [0.05, 0.1) is 4.90 Å². The topological polar surface area (TPSA) is 66.9 Å². The lowest BCUT2D eigenvalue weighted by atomic mass is 10.2. The third-order valence-electron chi connectivity index (χ3n) is 4.80. The molecule has 1 saturated heterocycles. The summed E-state index contributed by atoms with van der Waals surface area (Å²) >= 11 is 0. The molecule has 0 N–H and O–H groups in total. The van der Waals surface area contributed by atoms with E-state index in [1.165, 1.54) is 28.6 Å². The van der Waals surface area contributed by atoms with Crippen molar-refractivity contribution in [2.45, 2.75) is 25.4 Å². The molecule has 0 unspecified atom stereocenters. The Balaban J connectivity index is 1.66. The summed E-state index contributed by atoms with van der Waals surface area (Å²) in [5.74, 6) is -0.307. The van der Waals surface area contributed by atoms with Crippen LogP contribution >= 0.6 is 0 Å². The smallest absolute Gasteiger partial charge is 0.387 e. The fraction of sp³-hybridized carbons (Fsp3) is 0.350. The van der Waals surface area contributed by atoms with E-state index < -0.39 is 16.6 Å². The summed E-state index contributed by atoms with van der Waals surface area (Å²) in [5.41, 5.74) is 2.01. The zero-order chi connectivity index (χ0) is 21.2. The molecule has 2 aromatic carbocycles. The van der Waals surface area contributed by atoms with E-state index in [-0.39, 0.29) is 42.7 Å². The predicted octanol–water partition coefficient (Wildman–Crippen LogP) is 3.05. The summed E-state index contributed by atoms with van der Waals surface area (Å²) in [6.07, 6.45) is 0. The zero-order valence-electron chi connectivity index (χ0n) is 16.1. The number of ether oxygens (including phenoxy) is 1. The lowest BCUT2D eigenvalue weighted by molar-refractivity contribution is -0.0498. The molecule has 1 heterocycles. The Kier molecular flexibility index (Phi) is 6.18. The number of hydrogen-bond acceptors (Lipinski definition) is 4. The minimum Gasteiger partial charge on any atom is -0.435 e. The van der Waals surface area contributed by atoms with Gasteiger partial charge >= 0.3 is 6.61 Å². The van der Waals surface area contributed by atoms with Gasteiger partial charge in [-0.3, -0.25) is 4.79 Å². The van der Waals surface area contributed by atoms with Crippen molar-refractivity contribution >= 4 is 15.9 Å². The van der Waals surface area contributed by atoms with Crippen molar-refractivity contribution in [3.63, 3.8) is 0 Å². The lowest BCUT2D eigenvalue weighted by Crippen LogP contribution is -2.50. The second-order valence-corrected chi connectivity index (χ2v) is 8.77. The van der Waals surface area contributed by atoms with E-state index >= 15 is 0 Å². The number of alkyl halides is 2. The van der Waals surface area contributed by atoms with Crippen LogP contribution in [-0.4, -0.2) is 56.3 Å². The molecule has 6 nitrogen and oxygen atoms in total. The first-order valence-electron chi connectivity index (χ1n) is 9.10. The van der Waals surface area contributed by atoms with Crippen LogP contribution in [0.15, 0.2) is 47.4 Å². The summed E-state index contributed by atoms with van der Waals surface area (Å²) in [6, 6.07) is 10.6. The highest BCUT2D eigenvalue weighted by Gasteiger charge is 2.31. The van der Waals surface area contributed by atoms with Gasteiger partial charge < -0.3 is 9.64 Å². The minimum atomic E-state index is -3.63. The SMILES string of the molecule is Cc1ccc(S(=O)(=O)N2CCN(C(=O)c3ccc(OC(F)F)cc3)CC2)c(C)c1. The van der Waals surface area contributed by atoms with Gasteiger partial charge in [0, 0.05) is 31.7 Å². The summed E-state index contributed by atoms with van der Waals surface area (Å²) in [7, 11) is -3.63. The Labute approximate surface area is 168 Å². The largest absolute Gasteiger partial charge is 0.435 e. The second-order valence-electron chi connectivity index (χ2n) is 6.87. The van der Waals surface area contributed by atoms with E-state index in [4.69, 9.17) is 0 Å². The Morgan fingerprint density at radius 1 is 1.00 bits per heavy atom. The maximum Gasteiger partial charge on any atom is 0.387 e. The van der Waals surface area contributed by atoms with Gasteiger partial charge in [0.25, 0.3) is 5.91 Å². The number of rotatable bonds is 5. The summed E-state index contributed by atoms with van der Waals surface area (Å²) < 4.78 is 56.0. The van der Waals surface area contributed by atoms with Crippen LogP contribution in [0, 0.1) is 13.8 Å². The van der Waals surface area contributed by atoms with Crippen molar-refractivity contribution in [1.29, 1.82) is 0 Å². The second kappa shape index (κ2) is 8.46. The van der Waals surface area contributed by atoms with Crippen molar-refractivity contribution in [3.05, 3.63) is 59.2 Å². The van der Waals surface area contributed by atoms with Crippen molar-refractivity contribution in [3.8, 4) is 5.75 Å². The third-order valence-corrected chi connectivity index (χ3v) is 6.86. The first kappa shape index (κ1) is 21.2. The molecule has 3 rings (SSSR count). The Bertz CT molecular complexity index is 986. The third kappa shape index (κ3) is 4.73. The van der Waals surface area contributed by atoms with E-state index in [0.717, 1.165) is 5.56 Å². The molecule has 1 amide bonds. The van der Waals surface area contributed by atoms with Crippen molar-refractivity contribution in [2.24, 2.45) is 0 Å². The van der Waals surface area contributed by atoms with Crippen molar-refractivity contribution < 1.29 is 26.7 Å². The fourth-order valence-corrected chi connectivity index (χ4v) is 4.95. The molecule has 0 bridgehead atoms. The van der Waals surface area contributed by atoms with E-state index in [0.29, 0.717) is 11.1 Å². The number of carbonyl (C=O) groups is 1. The number of piperazine rings is 1. The molecule has 0 aromatic heterocycles. The van der Waals surface area contributed by atoms with Crippen LogP contribution in [0.4, 0.5) is 8.78 Å². The van der Waals surface area contributed by atoms with Crippen LogP contribution in [0.5, 0.6) is 5.75 Å². The number of hydrogen-bond donors (Lipinski definition) is 0. The van der Waals surface area contributed by atoms with Crippen LogP contribution in [0.1, 0.15) is 21.5 Å². The van der Waals surface area contributed by atoms with Gasteiger partial charge in [-0.25, -0.2) is 8.42 Å². The van der Waals surface area contributed by atoms with Crippen molar-refractivity contribution in [2.75, 3.05) is 26.2 Å². The summed E-state index contributed by atoms with van der Waals surface area (Å²) in [6.45, 7) is 1.61. The number of aryl methyl sites for hydroxylation is 2. The molecule has 0 spiro atoms. The lowest BCUT2D eigenvalue weighted by Gasteiger charge is -2.34. The normalized spacial score (nSPS) is 15.6. The van der Waals surface area contributed by atoms with Gasteiger partial charge in [0.1, 0.15) is 5.75 Å². The molecule has 0 atom stereocenters. The average Bonchev–Trinajstić information content (AvgIpc) is 2.67. The molecule has 1 aliphatic rings. The highest BCUT2D eigenvalue weighted by atomic mass is 32.2. The van der Waals surface area contributed by atoms with Gasteiger partial charge in [-0.05, 0) is 49.7 Å². The minimum absolute atomic E-state index is 0.0269. The monoisotopic (exact) mass is 424 g/mol. The van der Waals surface area contributed by atoms with Gasteiger partial charge in [-0.15, -0.1) is 0 Å². The highest BCUT2D eigenvalue weighted by molar-refractivity contribution is 7.89. The number of nitrogens with zero attached hydrogens (tertiary/aromatic N) is 2. The van der Waals surface area contributed by atoms with Crippen LogP contribution in [0.2, 0.25) is 0 Å². The molecular formula is C20H22F2N2O4S. The van der Waals surface area contributed by atoms with E-state index in [1.54, 1.807) is 24.0 Å². The Morgan fingerprint density at radius 3 is 2.17 bits per heavy atom. The van der Waals surface area contributed by atoms with E-state index in [2.05, 4.69) is 4.74 Å². The first-order chi connectivity index (χ1) is 13.7. The standard InChI is InChI=1S/C20H22F2N2O4S/c1-14-3-8-18(15(2)13-14)29(26,27)24-11-9-23(10-12-24)19(25)16-4-6-17(7-5-16)28-20(21)22/h3-8,13,20H,9-12H2,1-2H3. The average molecular weight is 424 g/mol. The summed E-state index contributed by atoms with van der Waals surface area (Å²) in [4.78, 5) is 14.4. The van der Waals surface area contributed by atoms with E-state index in [1.807, 2.05) is 13.0 Å². The molecule has 0 saturated carbocycles. The Morgan fingerprint density at radius 2 is 1.62 bits per heavy atom. The highest BCUT2D eigenvalue weighted by Crippen LogP contribution is 2.23. The van der Waals surface area contributed by atoms with Gasteiger partial charge in [0.2, 0.25) is 10.0 Å². The number of sulfonamides is 1. The molecule has 156 valence electrons. The maximum atomic E-state index is 12.9. The first-order valence-corrected chi connectivity index (χ1v) is 10.5. The number of amides is 1. The van der Waals surface area contributed by atoms with Crippen LogP contribution in [0.25, 0.3) is 0 Å². The van der Waals surface area contributed by atoms with Gasteiger partial charge in [-0.2, -0.15) is 13.1 Å². The predicted molar refractivity (Wildman–Crippen MR) is 104 cm³/mol. The molecule has 9 heteroatoms. The maximum absolute atomic E-state index is 12.9. The molecule has 1 fully saturated rings. The van der Waals surface area contributed by atoms with Gasteiger partial charge in [-0.1, -0.05) is 17.7 Å². The molecule has 1 aliphatic heterocycles. The molecular weight excluding hydrogens is 402 g/mol. The zero-order valence-corrected chi connectivity index (χ0v) is 17.0. The molecule has 29 heavy (non-hydrogen) atoms. The quantitative estimate of drug-likeness (QED) is 0.740. The Hall–Kier alpha value is -2.52. The number of benzene rings is 2. The van der Waals surface area contributed by atoms with Crippen molar-refractivity contribution in [1.82, 2.24) is 9.21 Å². The van der Waals surface area contributed by atoms with Crippen LogP contribution in [0.3, 0.4) is 0 Å². The fourth-order valence-electron chi connectivity index (χ4n) is 3.32. The molecule has 0 radical (unpaired) electrons. The van der Waals surface area contributed by atoms with Crippen LogP contribution < -0.4 is 4.74 Å². The molecule has 0 aliphatic carbocycles. The number of halogens is 2.